The third-order valence-electron chi connectivity index (χ3n) is 4.97. The number of alkyl halides is 1. The van der Waals surface area contributed by atoms with Gasteiger partial charge < -0.3 is 4.74 Å². The fourth-order valence-electron chi connectivity index (χ4n) is 3.22. The van der Waals surface area contributed by atoms with Gasteiger partial charge in [-0.15, -0.1) is 0 Å². The summed E-state index contributed by atoms with van der Waals surface area (Å²) in [6.45, 7) is 4.40. The molecule has 0 aliphatic heterocycles. The molecule has 1 heterocycles. The molecule has 1 aromatic carbocycles. The van der Waals surface area contributed by atoms with E-state index in [1.165, 1.54) is 31.7 Å². The van der Waals surface area contributed by atoms with Crippen LogP contribution >= 0.6 is 0 Å². The normalized spacial score (nSPS) is 12.1. The van der Waals surface area contributed by atoms with Crippen LogP contribution in [0, 0.1) is 5.82 Å². The van der Waals surface area contributed by atoms with Crippen LogP contribution in [-0.4, -0.2) is 22.7 Å². The molecule has 0 saturated carbocycles. The molecule has 0 saturated heterocycles. The van der Waals surface area contributed by atoms with Crippen LogP contribution in [0.5, 0.6) is 5.75 Å². The number of unbranched alkanes of at least 4 members (excludes halogenated alkanes) is 6. The van der Waals surface area contributed by atoms with Crippen LogP contribution < -0.4 is 4.74 Å². The average Bonchev–Trinajstić information content (AvgIpc) is 2.71. The van der Waals surface area contributed by atoms with E-state index in [1.807, 2.05) is 0 Å². The Morgan fingerprint density at radius 1 is 0.966 bits per heavy atom. The number of halogens is 2. The van der Waals surface area contributed by atoms with Crippen molar-refractivity contribution in [1.29, 1.82) is 0 Å². The second-order valence-corrected chi connectivity index (χ2v) is 7.70. The van der Waals surface area contributed by atoms with Gasteiger partial charge in [-0.1, -0.05) is 45.4 Å². The lowest BCUT2D eigenvalue weighted by Gasteiger charge is -2.09. The first kappa shape index (κ1) is 23.2. The van der Waals surface area contributed by atoms with Gasteiger partial charge in [0.1, 0.15) is 11.6 Å². The highest BCUT2D eigenvalue weighted by Crippen LogP contribution is 2.24. The highest BCUT2D eigenvalue weighted by Gasteiger charge is 2.10. The summed E-state index contributed by atoms with van der Waals surface area (Å²) in [5.74, 6) is 0.528. The van der Waals surface area contributed by atoms with Crippen LogP contribution in [0.15, 0.2) is 30.6 Å². The van der Waals surface area contributed by atoms with Crippen LogP contribution in [0.1, 0.15) is 77.2 Å². The number of nitrogens with zero attached hydrogens (tertiary/aromatic N) is 2. The Labute approximate surface area is 173 Å². The van der Waals surface area contributed by atoms with Crippen molar-refractivity contribution in [2.45, 2.75) is 84.2 Å². The number of benzene rings is 1. The third kappa shape index (κ3) is 8.88. The summed E-state index contributed by atoms with van der Waals surface area (Å²) in [6, 6.07) is 4.84. The minimum atomic E-state index is -0.755. The Bertz CT molecular complexity index is 705. The lowest BCUT2D eigenvalue weighted by Crippen LogP contribution is -1.99. The summed E-state index contributed by atoms with van der Waals surface area (Å²) in [4.78, 5) is 8.60. The summed E-state index contributed by atoms with van der Waals surface area (Å²) >= 11 is 0. The molecule has 160 valence electrons. The van der Waals surface area contributed by atoms with Crippen molar-refractivity contribution < 1.29 is 13.5 Å². The van der Waals surface area contributed by atoms with E-state index >= 15 is 0 Å². The number of aryl methyl sites for hydroxylation is 1. The van der Waals surface area contributed by atoms with E-state index < -0.39 is 6.17 Å². The fourth-order valence-corrected chi connectivity index (χ4v) is 3.22. The third-order valence-corrected chi connectivity index (χ3v) is 4.97. The largest absolute Gasteiger partial charge is 0.493 e. The van der Waals surface area contributed by atoms with E-state index in [0.717, 1.165) is 37.7 Å². The van der Waals surface area contributed by atoms with Crippen LogP contribution in [0.2, 0.25) is 0 Å². The van der Waals surface area contributed by atoms with Crippen LogP contribution in [0.25, 0.3) is 11.4 Å². The Balaban J connectivity index is 1.80. The number of hydrogen-bond donors (Lipinski definition) is 0. The molecule has 2 aromatic rings. The van der Waals surface area contributed by atoms with Gasteiger partial charge in [0.15, 0.2) is 5.82 Å². The van der Waals surface area contributed by atoms with Crippen molar-refractivity contribution in [1.82, 2.24) is 9.97 Å². The molecule has 0 N–H and O–H groups in total. The summed E-state index contributed by atoms with van der Waals surface area (Å²) in [5, 5.41) is 0. The fraction of sp³-hybridized carbons (Fsp3) is 0.583. The topological polar surface area (TPSA) is 35.0 Å². The van der Waals surface area contributed by atoms with Crippen molar-refractivity contribution in [2.75, 3.05) is 6.61 Å². The van der Waals surface area contributed by atoms with Crippen molar-refractivity contribution in [3.05, 3.63) is 42.0 Å². The molecule has 0 aliphatic carbocycles. The Morgan fingerprint density at radius 3 is 2.38 bits per heavy atom. The first-order chi connectivity index (χ1) is 14.1. The van der Waals surface area contributed by atoms with E-state index in [9.17, 15) is 8.78 Å². The standard InChI is InChI=1S/C24H34F2N2O/c1-3-4-5-6-7-10-15-29-21-13-14-22(23(26)16-21)24-27-17-20(18-28-24)12-9-8-11-19(2)25/h13-14,16-19H,3-12,15H2,1-2H3. The summed E-state index contributed by atoms with van der Waals surface area (Å²) in [6.07, 6.45) is 13.0. The molecule has 3 nitrogen and oxygen atoms in total. The first-order valence-electron chi connectivity index (χ1n) is 11.0. The lowest BCUT2D eigenvalue weighted by molar-refractivity contribution is 0.303. The molecular formula is C24H34F2N2O. The average molecular weight is 405 g/mol. The van der Waals surface area contributed by atoms with Crippen LogP contribution in [0.3, 0.4) is 0 Å². The Hall–Kier alpha value is -2.04. The van der Waals surface area contributed by atoms with E-state index in [4.69, 9.17) is 4.74 Å². The molecule has 5 heteroatoms. The zero-order valence-corrected chi connectivity index (χ0v) is 17.8. The number of aromatic nitrogens is 2. The van der Waals surface area contributed by atoms with E-state index in [0.29, 0.717) is 30.2 Å². The molecule has 1 atom stereocenters. The molecule has 0 spiro atoms. The molecule has 1 unspecified atom stereocenters. The van der Waals surface area contributed by atoms with Gasteiger partial charge in [0, 0.05) is 18.5 Å². The molecule has 0 amide bonds. The molecule has 0 aliphatic rings. The van der Waals surface area contributed by atoms with E-state index in [-0.39, 0.29) is 5.82 Å². The molecule has 1 aromatic heterocycles. The van der Waals surface area contributed by atoms with Gasteiger partial charge >= 0.3 is 0 Å². The molecule has 0 bridgehead atoms. The maximum atomic E-state index is 14.5. The van der Waals surface area contributed by atoms with E-state index in [1.54, 1.807) is 31.5 Å². The summed E-state index contributed by atoms with van der Waals surface area (Å²) in [5.41, 5.74) is 1.36. The predicted molar refractivity (Wildman–Crippen MR) is 114 cm³/mol. The van der Waals surface area contributed by atoms with Gasteiger partial charge in [-0.3, -0.25) is 0 Å². The number of rotatable bonds is 14. The zero-order chi connectivity index (χ0) is 20.9. The predicted octanol–water partition coefficient (Wildman–Crippen LogP) is 7.09. The maximum absolute atomic E-state index is 14.5. The Kier molecular flexibility index (Phi) is 10.6. The Morgan fingerprint density at radius 2 is 1.69 bits per heavy atom. The zero-order valence-electron chi connectivity index (χ0n) is 17.8. The molecule has 2 rings (SSSR count). The van der Waals surface area contributed by atoms with Gasteiger partial charge in [-0.25, -0.2) is 18.7 Å². The minimum absolute atomic E-state index is 0.367. The van der Waals surface area contributed by atoms with Gasteiger partial charge in [0.2, 0.25) is 0 Å². The second kappa shape index (κ2) is 13.2. The van der Waals surface area contributed by atoms with Crippen LogP contribution in [0.4, 0.5) is 8.78 Å². The minimum Gasteiger partial charge on any atom is -0.493 e. The molecule has 0 radical (unpaired) electrons. The van der Waals surface area contributed by atoms with Gasteiger partial charge in [0.25, 0.3) is 0 Å². The molecule has 0 fully saturated rings. The second-order valence-electron chi connectivity index (χ2n) is 7.70. The number of ether oxygens (including phenoxy) is 1. The highest BCUT2D eigenvalue weighted by molar-refractivity contribution is 5.57. The van der Waals surface area contributed by atoms with Gasteiger partial charge in [0.05, 0.1) is 18.3 Å². The monoisotopic (exact) mass is 404 g/mol. The summed E-state index contributed by atoms with van der Waals surface area (Å²) in [7, 11) is 0. The SMILES string of the molecule is CCCCCCCCOc1ccc(-c2ncc(CCCCC(C)F)cn2)c(F)c1. The van der Waals surface area contributed by atoms with Gasteiger partial charge in [-0.2, -0.15) is 0 Å². The van der Waals surface area contributed by atoms with E-state index in [2.05, 4.69) is 16.9 Å². The summed E-state index contributed by atoms with van der Waals surface area (Å²) < 4.78 is 33.0. The quantitative estimate of drug-likeness (QED) is 0.315. The lowest BCUT2D eigenvalue weighted by atomic mass is 10.1. The number of hydrogen-bond acceptors (Lipinski definition) is 3. The van der Waals surface area contributed by atoms with Crippen molar-refractivity contribution in [2.24, 2.45) is 0 Å². The molecule has 29 heavy (non-hydrogen) atoms. The maximum Gasteiger partial charge on any atom is 0.162 e. The van der Waals surface area contributed by atoms with Crippen molar-refractivity contribution >= 4 is 0 Å². The highest BCUT2D eigenvalue weighted by atomic mass is 19.1. The first-order valence-corrected chi connectivity index (χ1v) is 11.0. The smallest absolute Gasteiger partial charge is 0.162 e. The van der Waals surface area contributed by atoms with Crippen LogP contribution in [-0.2, 0) is 6.42 Å². The molecular weight excluding hydrogens is 370 g/mol. The van der Waals surface area contributed by atoms with Crippen molar-refractivity contribution in [3.63, 3.8) is 0 Å². The van der Waals surface area contributed by atoms with Gasteiger partial charge in [-0.05, 0) is 50.3 Å². The van der Waals surface area contributed by atoms with Crippen molar-refractivity contribution in [3.8, 4) is 17.1 Å².